The van der Waals surface area contributed by atoms with Crippen molar-refractivity contribution in [1.29, 1.82) is 0 Å². The summed E-state index contributed by atoms with van der Waals surface area (Å²) in [6.07, 6.45) is 3.25. The Labute approximate surface area is 146 Å². The molecular weight excluding hydrogens is 337 g/mol. The number of hydrogen-bond acceptors (Lipinski definition) is 3. The van der Waals surface area contributed by atoms with Crippen molar-refractivity contribution in [2.24, 2.45) is 11.8 Å². The molecule has 1 aliphatic carbocycles. The standard InChI is InChI=1S/C17H21Cl2NO3/c1-10-5-3-8-14(11(10)2)20-15(21)9-23-17(22)16-12(18)6-4-7-13(16)19/h4,6-7,10-11,14H,3,5,8-9H2,1-2H3,(H,20,21)/t10-,11+,14-/m1/s1. The molecule has 1 fully saturated rings. The molecule has 1 aliphatic rings. The van der Waals surface area contributed by atoms with Crippen molar-refractivity contribution in [2.75, 3.05) is 6.61 Å². The van der Waals surface area contributed by atoms with Gasteiger partial charge in [-0.15, -0.1) is 0 Å². The van der Waals surface area contributed by atoms with E-state index in [0.717, 1.165) is 12.8 Å². The molecule has 0 aromatic heterocycles. The molecule has 3 atom stereocenters. The molecule has 0 bridgehead atoms. The van der Waals surface area contributed by atoms with Gasteiger partial charge in [0.05, 0.1) is 15.6 Å². The average Bonchev–Trinajstić information content (AvgIpc) is 2.49. The van der Waals surface area contributed by atoms with Crippen LogP contribution in [0.2, 0.25) is 10.0 Å². The lowest BCUT2D eigenvalue weighted by Crippen LogP contribution is -2.45. The number of hydrogen-bond donors (Lipinski definition) is 1. The van der Waals surface area contributed by atoms with E-state index in [1.54, 1.807) is 18.2 Å². The second kappa shape index (κ2) is 8.02. The number of nitrogens with one attached hydrogen (secondary N) is 1. The highest BCUT2D eigenvalue weighted by molar-refractivity contribution is 6.39. The molecule has 1 aromatic carbocycles. The largest absolute Gasteiger partial charge is 0.452 e. The van der Waals surface area contributed by atoms with Gasteiger partial charge in [0.25, 0.3) is 5.91 Å². The van der Waals surface area contributed by atoms with Crippen LogP contribution in [-0.4, -0.2) is 24.5 Å². The lowest BCUT2D eigenvalue weighted by Gasteiger charge is -2.34. The lowest BCUT2D eigenvalue weighted by atomic mass is 9.78. The zero-order chi connectivity index (χ0) is 17.0. The van der Waals surface area contributed by atoms with Crippen LogP contribution in [0.3, 0.4) is 0 Å². The van der Waals surface area contributed by atoms with E-state index in [0.29, 0.717) is 11.8 Å². The minimum absolute atomic E-state index is 0.0864. The molecular formula is C17H21Cl2NO3. The Balaban J connectivity index is 1.88. The first-order valence-corrected chi connectivity index (χ1v) is 8.56. The third kappa shape index (κ3) is 4.61. The predicted molar refractivity (Wildman–Crippen MR) is 90.9 cm³/mol. The monoisotopic (exact) mass is 357 g/mol. The topological polar surface area (TPSA) is 55.4 Å². The van der Waals surface area contributed by atoms with Gasteiger partial charge in [0.1, 0.15) is 0 Å². The molecule has 1 saturated carbocycles. The number of ether oxygens (including phenoxy) is 1. The average molecular weight is 358 g/mol. The number of esters is 1. The lowest BCUT2D eigenvalue weighted by molar-refractivity contribution is -0.125. The maximum atomic E-state index is 12.0. The Morgan fingerprint density at radius 1 is 1.22 bits per heavy atom. The summed E-state index contributed by atoms with van der Waals surface area (Å²) in [6, 6.07) is 4.87. The number of rotatable bonds is 4. The van der Waals surface area contributed by atoms with Gasteiger partial charge in [-0.3, -0.25) is 4.79 Å². The third-order valence-corrected chi connectivity index (χ3v) is 5.18. The quantitative estimate of drug-likeness (QED) is 0.825. The van der Waals surface area contributed by atoms with Crippen molar-refractivity contribution in [3.05, 3.63) is 33.8 Å². The number of halogens is 2. The Hall–Kier alpha value is -1.26. The number of amides is 1. The molecule has 0 saturated heterocycles. The molecule has 4 nitrogen and oxygen atoms in total. The van der Waals surface area contributed by atoms with E-state index in [1.165, 1.54) is 6.42 Å². The summed E-state index contributed by atoms with van der Waals surface area (Å²) < 4.78 is 5.04. The molecule has 0 unspecified atom stereocenters. The van der Waals surface area contributed by atoms with Crippen molar-refractivity contribution in [1.82, 2.24) is 5.32 Å². The molecule has 0 spiro atoms. The molecule has 2 rings (SSSR count). The van der Waals surface area contributed by atoms with E-state index in [1.807, 2.05) is 0 Å². The smallest absolute Gasteiger partial charge is 0.341 e. The van der Waals surface area contributed by atoms with Crippen LogP contribution < -0.4 is 5.32 Å². The Kier molecular flexibility index (Phi) is 6.31. The van der Waals surface area contributed by atoms with E-state index in [9.17, 15) is 9.59 Å². The Morgan fingerprint density at radius 3 is 2.52 bits per heavy atom. The van der Waals surface area contributed by atoms with Crippen molar-refractivity contribution < 1.29 is 14.3 Å². The van der Waals surface area contributed by atoms with Crippen molar-refractivity contribution in [3.63, 3.8) is 0 Å². The summed E-state index contributed by atoms with van der Waals surface area (Å²) in [5.41, 5.74) is 0.0864. The second-order valence-electron chi connectivity index (χ2n) is 6.11. The van der Waals surface area contributed by atoms with Crippen LogP contribution in [0.1, 0.15) is 43.5 Å². The highest BCUT2D eigenvalue weighted by Crippen LogP contribution is 2.29. The fraction of sp³-hybridized carbons (Fsp3) is 0.529. The summed E-state index contributed by atoms with van der Waals surface area (Å²) in [6.45, 7) is 4.00. The van der Waals surface area contributed by atoms with Gasteiger partial charge in [-0.25, -0.2) is 4.79 Å². The van der Waals surface area contributed by atoms with Crippen LogP contribution in [0.4, 0.5) is 0 Å². The minimum atomic E-state index is -0.694. The van der Waals surface area contributed by atoms with E-state index in [2.05, 4.69) is 19.2 Å². The molecule has 1 aromatic rings. The van der Waals surface area contributed by atoms with E-state index < -0.39 is 5.97 Å². The number of benzene rings is 1. The highest BCUT2D eigenvalue weighted by Gasteiger charge is 2.28. The summed E-state index contributed by atoms with van der Waals surface area (Å²) in [5.74, 6) is 0.00762. The molecule has 6 heteroatoms. The van der Waals surface area contributed by atoms with Crippen LogP contribution in [0.5, 0.6) is 0 Å². The van der Waals surface area contributed by atoms with Gasteiger partial charge in [-0.1, -0.05) is 56.0 Å². The van der Waals surface area contributed by atoms with Crippen LogP contribution in [-0.2, 0) is 9.53 Å². The molecule has 1 amide bonds. The maximum Gasteiger partial charge on any atom is 0.341 e. The minimum Gasteiger partial charge on any atom is -0.452 e. The molecule has 0 radical (unpaired) electrons. The van der Waals surface area contributed by atoms with Gasteiger partial charge in [-0.05, 0) is 30.4 Å². The first kappa shape index (κ1) is 18.1. The van der Waals surface area contributed by atoms with Crippen molar-refractivity contribution in [2.45, 2.75) is 39.2 Å². The molecule has 0 aliphatic heterocycles. The zero-order valence-corrected chi connectivity index (χ0v) is 14.8. The first-order valence-electron chi connectivity index (χ1n) is 7.80. The van der Waals surface area contributed by atoms with Gasteiger partial charge < -0.3 is 10.1 Å². The van der Waals surface area contributed by atoms with E-state index >= 15 is 0 Å². The molecule has 1 N–H and O–H groups in total. The van der Waals surface area contributed by atoms with Gasteiger partial charge >= 0.3 is 5.97 Å². The highest BCUT2D eigenvalue weighted by atomic mass is 35.5. The third-order valence-electron chi connectivity index (χ3n) is 4.55. The molecule has 23 heavy (non-hydrogen) atoms. The molecule has 0 heterocycles. The van der Waals surface area contributed by atoms with E-state index in [4.69, 9.17) is 27.9 Å². The summed E-state index contributed by atoms with van der Waals surface area (Å²) in [5, 5.41) is 3.37. The molecule has 126 valence electrons. The van der Waals surface area contributed by atoms with Crippen LogP contribution in [0.25, 0.3) is 0 Å². The maximum absolute atomic E-state index is 12.0. The summed E-state index contributed by atoms with van der Waals surface area (Å²) >= 11 is 11.9. The SMILES string of the molecule is C[C@H]1[C@H](C)CCC[C@H]1NC(=O)COC(=O)c1c(Cl)cccc1Cl. The fourth-order valence-corrected chi connectivity index (χ4v) is 3.48. The van der Waals surface area contributed by atoms with Gasteiger partial charge in [0.15, 0.2) is 6.61 Å². The first-order chi connectivity index (χ1) is 10.9. The van der Waals surface area contributed by atoms with Gasteiger partial charge in [-0.2, -0.15) is 0 Å². The normalized spacial score (nSPS) is 24.1. The predicted octanol–water partition coefficient (Wildman–Crippen LogP) is 4.09. The number of carbonyl (C=O) groups is 2. The number of carbonyl (C=O) groups excluding carboxylic acids is 2. The Morgan fingerprint density at radius 2 is 1.87 bits per heavy atom. The Bertz CT molecular complexity index is 571. The van der Waals surface area contributed by atoms with Crippen LogP contribution in [0.15, 0.2) is 18.2 Å². The summed E-state index contributed by atoms with van der Waals surface area (Å²) in [4.78, 5) is 24.0. The van der Waals surface area contributed by atoms with Crippen molar-refractivity contribution >= 4 is 35.1 Å². The second-order valence-corrected chi connectivity index (χ2v) is 6.93. The summed E-state index contributed by atoms with van der Waals surface area (Å²) in [7, 11) is 0. The van der Waals surface area contributed by atoms with Crippen molar-refractivity contribution in [3.8, 4) is 0 Å². The van der Waals surface area contributed by atoms with Crippen LogP contribution in [0, 0.1) is 11.8 Å². The van der Waals surface area contributed by atoms with Crippen LogP contribution >= 0.6 is 23.2 Å². The fourth-order valence-electron chi connectivity index (χ4n) is 2.93. The van der Waals surface area contributed by atoms with Gasteiger partial charge in [0.2, 0.25) is 0 Å². The van der Waals surface area contributed by atoms with E-state index in [-0.39, 0.29) is 34.2 Å². The zero-order valence-electron chi connectivity index (χ0n) is 13.3. The van der Waals surface area contributed by atoms with Gasteiger partial charge in [0, 0.05) is 6.04 Å².